The molecule has 1 saturated carbocycles. The lowest BCUT2D eigenvalue weighted by molar-refractivity contribution is -0.175. The third kappa shape index (κ3) is 2.46. The van der Waals surface area contributed by atoms with E-state index in [9.17, 15) is 27.9 Å². The maximum Gasteiger partial charge on any atom is 0.471 e. The highest BCUT2D eigenvalue weighted by Gasteiger charge is 2.72. The Morgan fingerprint density at radius 1 is 1.26 bits per heavy atom. The van der Waals surface area contributed by atoms with Gasteiger partial charge < -0.3 is 15.2 Å². The molecule has 0 radical (unpaired) electrons. The monoisotopic (exact) mass is 329 g/mol. The number of fused-ring (bicyclic) bond motifs is 1. The van der Waals surface area contributed by atoms with Crippen LogP contribution in [0.15, 0.2) is 30.3 Å². The maximum atomic E-state index is 12.3. The molecule has 124 valence electrons. The van der Waals surface area contributed by atoms with E-state index in [1.807, 2.05) is 0 Å². The number of amides is 1. The second-order valence-electron chi connectivity index (χ2n) is 6.09. The van der Waals surface area contributed by atoms with Gasteiger partial charge in [-0.3, -0.25) is 9.59 Å². The molecule has 1 unspecified atom stereocenters. The van der Waals surface area contributed by atoms with Crippen molar-refractivity contribution < 1.29 is 32.6 Å². The van der Waals surface area contributed by atoms with Crippen LogP contribution in [0.5, 0.6) is 0 Å². The second-order valence-corrected chi connectivity index (χ2v) is 6.09. The van der Waals surface area contributed by atoms with E-state index in [0.717, 1.165) is 0 Å². The van der Waals surface area contributed by atoms with Crippen LogP contribution in [0.3, 0.4) is 0 Å². The van der Waals surface area contributed by atoms with E-state index in [2.05, 4.69) is 0 Å². The van der Waals surface area contributed by atoms with Crippen molar-refractivity contribution in [1.82, 2.24) is 5.32 Å². The Morgan fingerprint density at radius 2 is 1.87 bits per heavy atom. The molecule has 3 aliphatic rings. The van der Waals surface area contributed by atoms with Gasteiger partial charge in [0.05, 0.1) is 11.7 Å². The van der Waals surface area contributed by atoms with Gasteiger partial charge in [0.15, 0.2) is 0 Å². The van der Waals surface area contributed by atoms with E-state index in [4.69, 9.17) is 4.74 Å². The summed E-state index contributed by atoms with van der Waals surface area (Å²) in [6.45, 7) is -0.357. The first kappa shape index (κ1) is 15.8. The first-order valence-electron chi connectivity index (χ1n) is 7.00. The zero-order chi connectivity index (χ0) is 16.9. The molecule has 8 heteroatoms. The number of carboxylic acid groups (broad SMARTS) is 1. The molecule has 1 amide bonds. The lowest BCUT2D eigenvalue weighted by atomic mass is 9.59. The first-order chi connectivity index (χ1) is 10.7. The van der Waals surface area contributed by atoms with Crippen LogP contribution in [0.25, 0.3) is 0 Å². The van der Waals surface area contributed by atoms with Crippen LogP contribution in [-0.2, 0) is 14.3 Å². The van der Waals surface area contributed by atoms with Gasteiger partial charge in [-0.25, -0.2) is 0 Å². The van der Waals surface area contributed by atoms with E-state index in [0.29, 0.717) is 5.56 Å². The highest BCUT2D eigenvalue weighted by molar-refractivity contribution is 5.82. The number of hydrogen-bond donors (Lipinski definition) is 2. The van der Waals surface area contributed by atoms with Gasteiger partial charge in [0, 0.05) is 6.54 Å². The third-order valence-electron chi connectivity index (χ3n) is 4.50. The Kier molecular flexibility index (Phi) is 3.40. The molecule has 0 aromatic heterocycles. The minimum atomic E-state index is -4.97. The molecule has 2 bridgehead atoms. The molecule has 1 aromatic carbocycles. The molecule has 2 N–H and O–H groups in total. The highest BCUT2D eigenvalue weighted by Crippen LogP contribution is 2.67. The quantitative estimate of drug-likeness (QED) is 0.886. The highest BCUT2D eigenvalue weighted by atomic mass is 19.4. The SMILES string of the molecule is O=C(NCC12CC(C(=O)O)(C1)C(c1ccccc1)O2)C(F)(F)F. The topological polar surface area (TPSA) is 75.6 Å². The molecule has 1 atom stereocenters. The van der Waals surface area contributed by atoms with E-state index in [-0.39, 0.29) is 19.4 Å². The molecule has 0 spiro atoms. The average Bonchev–Trinajstić information content (AvgIpc) is 2.96. The Morgan fingerprint density at radius 3 is 2.39 bits per heavy atom. The number of benzene rings is 1. The van der Waals surface area contributed by atoms with Crippen LogP contribution in [0.2, 0.25) is 0 Å². The Labute approximate surface area is 129 Å². The maximum absolute atomic E-state index is 12.3. The van der Waals surface area contributed by atoms with Crippen LogP contribution in [0.1, 0.15) is 24.5 Å². The summed E-state index contributed by atoms with van der Waals surface area (Å²) < 4.78 is 42.6. The number of hydrogen-bond acceptors (Lipinski definition) is 3. The standard InChI is InChI=1S/C15H14F3NO4/c16-15(17,18)11(20)19-8-13-6-14(7-13,12(21)22)10(23-13)9-4-2-1-3-5-9/h1-5,10H,6-8H2,(H,19,20)(H,21,22). The lowest BCUT2D eigenvalue weighted by Gasteiger charge is -2.42. The van der Waals surface area contributed by atoms with E-state index >= 15 is 0 Å². The molecule has 2 aliphatic heterocycles. The summed E-state index contributed by atoms with van der Waals surface area (Å²) in [6.07, 6.45) is -5.55. The molecule has 5 nitrogen and oxygen atoms in total. The largest absolute Gasteiger partial charge is 0.481 e. The van der Waals surface area contributed by atoms with Gasteiger partial charge in [0.2, 0.25) is 0 Å². The number of carboxylic acids is 1. The number of ether oxygens (including phenoxy) is 1. The van der Waals surface area contributed by atoms with Crippen molar-refractivity contribution in [1.29, 1.82) is 0 Å². The number of nitrogens with one attached hydrogen (secondary N) is 1. The predicted molar refractivity (Wildman–Crippen MR) is 71.4 cm³/mol. The minimum absolute atomic E-state index is 0.0764. The van der Waals surface area contributed by atoms with Crippen molar-refractivity contribution in [3.63, 3.8) is 0 Å². The number of aliphatic carboxylic acids is 1. The van der Waals surface area contributed by atoms with Gasteiger partial charge in [0.1, 0.15) is 5.41 Å². The summed E-state index contributed by atoms with van der Waals surface area (Å²) in [7, 11) is 0. The number of carbonyl (C=O) groups is 2. The Balaban J connectivity index is 1.77. The summed E-state index contributed by atoms with van der Waals surface area (Å²) in [4.78, 5) is 22.6. The zero-order valence-electron chi connectivity index (χ0n) is 11.9. The number of halogens is 3. The third-order valence-corrected chi connectivity index (χ3v) is 4.50. The van der Waals surface area contributed by atoms with Crippen LogP contribution in [0, 0.1) is 5.41 Å². The van der Waals surface area contributed by atoms with Crippen LogP contribution in [0.4, 0.5) is 13.2 Å². The van der Waals surface area contributed by atoms with Crippen molar-refractivity contribution in [2.75, 3.05) is 6.54 Å². The normalized spacial score (nSPS) is 32.2. The molecule has 23 heavy (non-hydrogen) atoms. The van der Waals surface area contributed by atoms with Gasteiger partial charge in [-0.2, -0.15) is 13.2 Å². The Bertz CT molecular complexity index is 638. The molecule has 4 rings (SSSR count). The molecule has 2 saturated heterocycles. The minimum Gasteiger partial charge on any atom is -0.481 e. The van der Waals surface area contributed by atoms with Gasteiger partial charge in [-0.05, 0) is 18.4 Å². The van der Waals surface area contributed by atoms with Crippen LogP contribution < -0.4 is 5.32 Å². The van der Waals surface area contributed by atoms with E-state index < -0.39 is 35.2 Å². The molecule has 1 aliphatic carbocycles. The fourth-order valence-electron chi connectivity index (χ4n) is 3.52. The van der Waals surface area contributed by atoms with Crippen LogP contribution >= 0.6 is 0 Å². The fraction of sp³-hybridized carbons (Fsp3) is 0.467. The smallest absolute Gasteiger partial charge is 0.471 e. The summed E-state index contributed by atoms with van der Waals surface area (Å²) >= 11 is 0. The van der Waals surface area contributed by atoms with Crippen molar-refractivity contribution in [3.05, 3.63) is 35.9 Å². The lowest BCUT2D eigenvalue weighted by Crippen LogP contribution is -2.55. The van der Waals surface area contributed by atoms with E-state index in [1.165, 1.54) is 0 Å². The number of rotatable bonds is 4. The van der Waals surface area contributed by atoms with Crippen molar-refractivity contribution in [3.8, 4) is 0 Å². The fourth-order valence-corrected chi connectivity index (χ4v) is 3.52. The number of alkyl halides is 3. The average molecular weight is 329 g/mol. The first-order valence-corrected chi connectivity index (χ1v) is 7.00. The summed E-state index contributed by atoms with van der Waals surface area (Å²) in [6, 6.07) is 8.69. The van der Waals surface area contributed by atoms with E-state index in [1.54, 1.807) is 35.6 Å². The summed E-state index contributed by atoms with van der Waals surface area (Å²) in [5, 5.41) is 11.3. The summed E-state index contributed by atoms with van der Waals surface area (Å²) in [5.74, 6) is -3.09. The predicted octanol–water partition coefficient (Wildman–Crippen LogP) is 2.04. The van der Waals surface area contributed by atoms with Gasteiger partial charge in [-0.1, -0.05) is 30.3 Å². The van der Waals surface area contributed by atoms with Gasteiger partial charge in [0.25, 0.3) is 0 Å². The number of carbonyl (C=O) groups excluding carboxylic acids is 1. The van der Waals surface area contributed by atoms with Gasteiger partial charge in [-0.15, -0.1) is 0 Å². The Hall–Kier alpha value is -2.09. The molecule has 3 fully saturated rings. The van der Waals surface area contributed by atoms with Crippen molar-refractivity contribution in [2.45, 2.75) is 30.7 Å². The van der Waals surface area contributed by atoms with Gasteiger partial charge >= 0.3 is 18.1 Å². The molecule has 2 heterocycles. The second kappa shape index (κ2) is 4.95. The molecular weight excluding hydrogens is 315 g/mol. The molecular formula is C15H14F3NO4. The van der Waals surface area contributed by atoms with Crippen LogP contribution in [-0.4, -0.2) is 35.3 Å². The van der Waals surface area contributed by atoms with Crippen molar-refractivity contribution >= 4 is 11.9 Å². The molecule has 1 aromatic rings. The zero-order valence-corrected chi connectivity index (χ0v) is 11.9. The summed E-state index contributed by atoms with van der Waals surface area (Å²) in [5.41, 5.74) is -1.54. The van der Waals surface area contributed by atoms with Crippen molar-refractivity contribution in [2.24, 2.45) is 5.41 Å².